The van der Waals surface area contributed by atoms with Gasteiger partial charge in [0.15, 0.2) is 0 Å². The zero-order valence-corrected chi connectivity index (χ0v) is 14.5. The van der Waals surface area contributed by atoms with E-state index in [4.69, 9.17) is 10.5 Å². The number of nitrogens with two attached hydrogens (primary N) is 1. The molecular formula is C19H28N2O2. The number of carbonyl (C=O) groups is 1. The standard InChI is InChI=1S/C19H28N2O2/c1-18(2,3)23-17(22)21-12-19(13-21)10-8-15(9-11-19)14-4-6-16(20)7-5-14/h4-7,15H,8-13,20H2,1-3H3. The van der Waals surface area contributed by atoms with Crippen LogP contribution in [-0.2, 0) is 4.74 Å². The number of hydrogen-bond acceptors (Lipinski definition) is 3. The maximum absolute atomic E-state index is 12.1. The summed E-state index contributed by atoms with van der Waals surface area (Å²) in [6, 6.07) is 8.30. The summed E-state index contributed by atoms with van der Waals surface area (Å²) in [6.45, 7) is 7.46. The lowest BCUT2D eigenvalue weighted by Gasteiger charge is -2.53. The van der Waals surface area contributed by atoms with Crippen LogP contribution >= 0.6 is 0 Å². The van der Waals surface area contributed by atoms with E-state index in [0.29, 0.717) is 11.3 Å². The van der Waals surface area contributed by atoms with Crippen LogP contribution in [0.1, 0.15) is 57.9 Å². The van der Waals surface area contributed by atoms with Crippen molar-refractivity contribution in [2.75, 3.05) is 18.8 Å². The molecule has 0 radical (unpaired) electrons. The summed E-state index contributed by atoms with van der Waals surface area (Å²) in [4.78, 5) is 13.9. The Hall–Kier alpha value is -1.71. The van der Waals surface area contributed by atoms with Gasteiger partial charge in [0.1, 0.15) is 5.60 Å². The first kappa shape index (κ1) is 16.2. The molecule has 2 aliphatic rings. The van der Waals surface area contributed by atoms with Crippen LogP contribution in [0.25, 0.3) is 0 Å². The number of hydrogen-bond donors (Lipinski definition) is 1. The highest BCUT2D eigenvalue weighted by Crippen LogP contribution is 2.48. The lowest BCUT2D eigenvalue weighted by Crippen LogP contribution is -2.60. The number of nitrogens with zero attached hydrogens (tertiary/aromatic N) is 1. The van der Waals surface area contributed by atoms with Crippen molar-refractivity contribution in [3.8, 4) is 0 Å². The van der Waals surface area contributed by atoms with Gasteiger partial charge in [0, 0.05) is 24.2 Å². The van der Waals surface area contributed by atoms with Crippen LogP contribution in [0.15, 0.2) is 24.3 Å². The van der Waals surface area contributed by atoms with Crippen LogP contribution in [0.4, 0.5) is 10.5 Å². The average Bonchev–Trinajstić information content (AvgIpc) is 2.44. The molecule has 4 nitrogen and oxygen atoms in total. The molecule has 1 aromatic carbocycles. The molecule has 0 aromatic heterocycles. The number of rotatable bonds is 1. The largest absolute Gasteiger partial charge is 0.444 e. The molecule has 126 valence electrons. The van der Waals surface area contributed by atoms with Crippen molar-refractivity contribution in [3.05, 3.63) is 29.8 Å². The first-order valence-corrected chi connectivity index (χ1v) is 8.60. The zero-order valence-electron chi connectivity index (χ0n) is 14.5. The fourth-order valence-corrected chi connectivity index (χ4v) is 3.87. The van der Waals surface area contributed by atoms with Gasteiger partial charge in [0.25, 0.3) is 0 Å². The predicted octanol–water partition coefficient (Wildman–Crippen LogP) is 4.16. The highest BCUT2D eigenvalue weighted by Gasteiger charge is 2.48. The maximum Gasteiger partial charge on any atom is 0.410 e. The topological polar surface area (TPSA) is 55.6 Å². The number of benzene rings is 1. The molecule has 2 N–H and O–H groups in total. The summed E-state index contributed by atoms with van der Waals surface area (Å²) in [6.07, 6.45) is 4.63. The third-order valence-corrected chi connectivity index (χ3v) is 5.16. The lowest BCUT2D eigenvalue weighted by molar-refractivity contribution is -0.0506. The van der Waals surface area contributed by atoms with Crippen molar-refractivity contribution >= 4 is 11.8 Å². The highest BCUT2D eigenvalue weighted by molar-refractivity contribution is 5.69. The van der Waals surface area contributed by atoms with E-state index in [1.165, 1.54) is 31.2 Å². The summed E-state index contributed by atoms with van der Waals surface area (Å²) in [5, 5.41) is 0. The lowest BCUT2D eigenvalue weighted by atomic mass is 9.65. The van der Waals surface area contributed by atoms with Crippen LogP contribution in [0.5, 0.6) is 0 Å². The van der Waals surface area contributed by atoms with E-state index in [9.17, 15) is 4.79 Å². The summed E-state index contributed by atoms with van der Waals surface area (Å²) < 4.78 is 5.45. The van der Waals surface area contributed by atoms with Crippen molar-refractivity contribution in [2.45, 2.75) is 58.0 Å². The van der Waals surface area contributed by atoms with Gasteiger partial charge in [-0.25, -0.2) is 4.79 Å². The molecule has 23 heavy (non-hydrogen) atoms. The van der Waals surface area contributed by atoms with Gasteiger partial charge in [-0.15, -0.1) is 0 Å². The first-order chi connectivity index (χ1) is 10.8. The molecule has 4 heteroatoms. The number of anilines is 1. The van der Waals surface area contributed by atoms with E-state index in [0.717, 1.165) is 18.8 Å². The number of amides is 1. The van der Waals surface area contributed by atoms with Crippen LogP contribution < -0.4 is 5.73 Å². The second-order valence-corrected chi connectivity index (χ2v) is 8.28. The molecule has 2 fully saturated rings. The van der Waals surface area contributed by atoms with Crippen molar-refractivity contribution in [1.82, 2.24) is 4.90 Å². The first-order valence-electron chi connectivity index (χ1n) is 8.60. The molecule has 1 aliphatic heterocycles. The quantitative estimate of drug-likeness (QED) is 0.791. The zero-order chi connectivity index (χ0) is 16.7. The van der Waals surface area contributed by atoms with Gasteiger partial charge in [-0.05, 0) is 70.1 Å². The molecule has 1 spiro atoms. The molecule has 1 saturated heterocycles. The van der Waals surface area contributed by atoms with Crippen LogP contribution in [-0.4, -0.2) is 29.7 Å². The van der Waals surface area contributed by atoms with Gasteiger partial charge in [0.05, 0.1) is 0 Å². The number of ether oxygens (including phenoxy) is 1. The number of nitrogen functional groups attached to an aromatic ring is 1. The van der Waals surface area contributed by atoms with Crippen molar-refractivity contribution in [2.24, 2.45) is 5.41 Å². The van der Waals surface area contributed by atoms with Gasteiger partial charge in [-0.2, -0.15) is 0 Å². The highest BCUT2D eigenvalue weighted by atomic mass is 16.6. The fraction of sp³-hybridized carbons (Fsp3) is 0.632. The SMILES string of the molecule is CC(C)(C)OC(=O)N1CC2(CCC(c3ccc(N)cc3)CC2)C1. The summed E-state index contributed by atoms with van der Waals surface area (Å²) in [5.74, 6) is 0.636. The molecular weight excluding hydrogens is 288 g/mol. The maximum atomic E-state index is 12.1. The Bertz CT molecular complexity index is 558. The van der Waals surface area contributed by atoms with Gasteiger partial charge in [0.2, 0.25) is 0 Å². The second-order valence-electron chi connectivity index (χ2n) is 8.28. The van der Waals surface area contributed by atoms with E-state index >= 15 is 0 Å². The molecule has 1 aromatic rings. The molecule has 1 aliphatic carbocycles. The van der Waals surface area contributed by atoms with Crippen molar-refractivity contribution in [1.29, 1.82) is 0 Å². The Morgan fingerprint density at radius 1 is 1.17 bits per heavy atom. The minimum Gasteiger partial charge on any atom is -0.444 e. The molecule has 1 amide bonds. The van der Waals surface area contributed by atoms with E-state index < -0.39 is 5.60 Å². The Morgan fingerprint density at radius 3 is 2.26 bits per heavy atom. The minimum atomic E-state index is -0.410. The van der Waals surface area contributed by atoms with E-state index in [-0.39, 0.29) is 6.09 Å². The molecule has 0 bridgehead atoms. The van der Waals surface area contributed by atoms with Gasteiger partial charge in [-0.1, -0.05) is 12.1 Å². The average molecular weight is 316 g/mol. The Morgan fingerprint density at radius 2 is 1.74 bits per heavy atom. The third-order valence-electron chi connectivity index (χ3n) is 5.16. The van der Waals surface area contributed by atoms with Crippen LogP contribution in [0, 0.1) is 5.41 Å². The van der Waals surface area contributed by atoms with E-state index in [2.05, 4.69) is 12.1 Å². The second kappa shape index (κ2) is 5.73. The van der Waals surface area contributed by atoms with Gasteiger partial charge < -0.3 is 15.4 Å². The third kappa shape index (κ3) is 3.62. The summed E-state index contributed by atoms with van der Waals surface area (Å²) in [7, 11) is 0. The van der Waals surface area contributed by atoms with Crippen LogP contribution in [0.3, 0.4) is 0 Å². The predicted molar refractivity (Wildman–Crippen MR) is 92.3 cm³/mol. The molecule has 0 unspecified atom stereocenters. The smallest absolute Gasteiger partial charge is 0.410 e. The fourth-order valence-electron chi connectivity index (χ4n) is 3.87. The van der Waals surface area contributed by atoms with Crippen molar-refractivity contribution < 1.29 is 9.53 Å². The van der Waals surface area contributed by atoms with Gasteiger partial charge in [-0.3, -0.25) is 0 Å². The Kier molecular flexibility index (Phi) is 4.03. The summed E-state index contributed by atoms with van der Waals surface area (Å²) in [5.41, 5.74) is 7.92. The molecule has 1 saturated carbocycles. The van der Waals surface area contributed by atoms with Crippen molar-refractivity contribution in [3.63, 3.8) is 0 Å². The number of carbonyl (C=O) groups excluding carboxylic acids is 1. The molecule has 0 atom stereocenters. The van der Waals surface area contributed by atoms with Gasteiger partial charge >= 0.3 is 6.09 Å². The molecule has 3 rings (SSSR count). The molecule has 1 heterocycles. The minimum absolute atomic E-state index is 0.163. The normalized spacial score (nSPS) is 21.1. The monoisotopic (exact) mass is 316 g/mol. The summed E-state index contributed by atoms with van der Waals surface area (Å²) >= 11 is 0. The Balaban J connectivity index is 1.51. The van der Waals surface area contributed by atoms with E-state index in [1.54, 1.807) is 0 Å². The van der Waals surface area contributed by atoms with Crippen LogP contribution in [0.2, 0.25) is 0 Å². The van der Waals surface area contributed by atoms with E-state index in [1.807, 2.05) is 37.8 Å². The number of likely N-dealkylation sites (tertiary alicyclic amines) is 1. The Labute approximate surface area is 139 Å².